The van der Waals surface area contributed by atoms with Crippen LogP contribution in [0, 0.1) is 5.92 Å². The van der Waals surface area contributed by atoms with E-state index in [2.05, 4.69) is 16.0 Å². The molecule has 4 atom stereocenters. The standard InChI is InChI=1S/C24H37N5O7S/c1-13(2)10-18(28-21(32)16(25)12-20(26)31)22(33)29-19(11-14-4-6-15(30)7-5-14)23(34)27-17(24(35)36)8-9-37-3/h4-7,13,16-19,30H,8-12,25H2,1-3H3,(H2,26,31)(H,27,34)(H,28,32)(H,29,33)(H,35,36). The number of amides is 4. The molecule has 13 heteroatoms. The number of nitrogens with one attached hydrogen (secondary N) is 3. The summed E-state index contributed by atoms with van der Waals surface area (Å²) < 4.78 is 0. The second-order valence-corrected chi connectivity index (χ2v) is 10.1. The Hall–Kier alpha value is -3.32. The third-order valence-electron chi connectivity index (χ3n) is 5.33. The molecule has 1 rings (SSSR count). The predicted molar refractivity (Wildman–Crippen MR) is 139 cm³/mol. The van der Waals surface area contributed by atoms with Crippen molar-refractivity contribution in [3.05, 3.63) is 29.8 Å². The zero-order valence-corrected chi connectivity index (χ0v) is 22.0. The molecule has 0 radical (unpaired) electrons. The van der Waals surface area contributed by atoms with E-state index < -0.39 is 60.2 Å². The highest BCUT2D eigenvalue weighted by atomic mass is 32.2. The number of rotatable bonds is 16. The van der Waals surface area contributed by atoms with Gasteiger partial charge in [0.2, 0.25) is 23.6 Å². The molecule has 0 bridgehead atoms. The number of aromatic hydroxyl groups is 1. The number of aliphatic carboxylic acids is 1. The summed E-state index contributed by atoms with van der Waals surface area (Å²) in [5.74, 6) is -3.63. The van der Waals surface area contributed by atoms with Crippen molar-refractivity contribution in [2.24, 2.45) is 17.4 Å². The smallest absolute Gasteiger partial charge is 0.326 e. The van der Waals surface area contributed by atoms with Crippen LogP contribution in [0.4, 0.5) is 0 Å². The van der Waals surface area contributed by atoms with Gasteiger partial charge in [-0.2, -0.15) is 11.8 Å². The lowest BCUT2D eigenvalue weighted by molar-refractivity contribution is -0.142. The van der Waals surface area contributed by atoms with Crippen molar-refractivity contribution in [3.8, 4) is 5.75 Å². The molecular weight excluding hydrogens is 502 g/mol. The van der Waals surface area contributed by atoms with Crippen LogP contribution in [0.3, 0.4) is 0 Å². The molecule has 12 nitrogen and oxygen atoms in total. The highest BCUT2D eigenvalue weighted by Gasteiger charge is 2.31. The van der Waals surface area contributed by atoms with Crippen LogP contribution in [0.25, 0.3) is 0 Å². The Balaban J connectivity index is 3.14. The van der Waals surface area contributed by atoms with Crippen LogP contribution in [-0.2, 0) is 30.4 Å². The van der Waals surface area contributed by atoms with Gasteiger partial charge in [-0.05, 0) is 48.5 Å². The third kappa shape index (κ3) is 12.0. The number of hydrogen-bond acceptors (Lipinski definition) is 8. The Morgan fingerprint density at radius 2 is 1.46 bits per heavy atom. The van der Waals surface area contributed by atoms with E-state index in [9.17, 15) is 34.2 Å². The molecule has 0 saturated heterocycles. The minimum Gasteiger partial charge on any atom is -0.508 e. The molecule has 4 amide bonds. The van der Waals surface area contributed by atoms with Crippen molar-refractivity contribution < 1.29 is 34.2 Å². The number of nitrogens with two attached hydrogens (primary N) is 2. The number of phenolic OH excluding ortho intramolecular Hbond substituents is 1. The number of phenols is 1. The zero-order chi connectivity index (χ0) is 28.1. The molecule has 1 aromatic carbocycles. The van der Waals surface area contributed by atoms with Crippen LogP contribution in [0.2, 0.25) is 0 Å². The molecular formula is C24H37N5O7S. The van der Waals surface area contributed by atoms with Gasteiger partial charge in [0, 0.05) is 6.42 Å². The number of carbonyl (C=O) groups is 5. The molecule has 0 aliphatic carbocycles. The summed E-state index contributed by atoms with van der Waals surface area (Å²) >= 11 is 1.43. The Kier molecular flexibility index (Phi) is 13.5. The molecule has 0 spiro atoms. The van der Waals surface area contributed by atoms with Crippen molar-refractivity contribution in [2.75, 3.05) is 12.0 Å². The van der Waals surface area contributed by atoms with E-state index in [1.165, 1.54) is 23.9 Å². The van der Waals surface area contributed by atoms with Crippen LogP contribution in [0.15, 0.2) is 24.3 Å². The number of carboxylic acids is 1. The van der Waals surface area contributed by atoms with E-state index in [0.717, 1.165) is 0 Å². The highest BCUT2D eigenvalue weighted by Crippen LogP contribution is 2.13. The second-order valence-electron chi connectivity index (χ2n) is 9.08. The minimum absolute atomic E-state index is 0.00372. The number of benzene rings is 1. The summed E-state index contributed by atoms with van der Waals surface area (Å²) in [4.78, 5) is 61.5. The SMILES string of the molecule is CSCCC(NC(=O)C(Cc1ccc(O)cc1)NC(=O)C(CC(C)C)NC(=O)C(N)CC(N)=O)C(=O)O. The molecule has 0 fully saturated rings. The largest absolute Gasteiger partial charge is 0.508 e. The maximum atomic E-state index is 13.2. The number of carbonyl (C=O) groups excluding carboxylic acids is 4. The first-order valence-electron chi connectivity index (χ1n) is 11.8. The van der Waals surface area contributed by atoms with Crippen LogP contribution in [-0.4, -0.2) is 76.0 Å². The predicted octanol–water partition coefficient (Wildman–Crippen LogP) is -0.524. The lowest BCUT2D eigenvalue weighted by atomic mass is 10.00. The average Bonchev–Trinajstić information content (AvgIpc) is 2.80. The van der Waals surface area contributed by atoms with Gasteiger partial charge in [0.25, 0.3) is 0 Å². The lowest BCUT2D eigenvalue weighted by Crippen LogP contribution is -2.58. The lowest BCUT2D eigenvalue weighted by Gasteiger charge is -2.26. The quantitative estimate of drug-likeness (QED) is 0.144. The highest BCUT2D eigenvalue weighted by molar-refractivity contribution is 7.98. The van der Waals surface area contributed by atoms with Gasteiger partial charge in [-0.1, -0.05) is 26.0 Å². The number of primary amides is 1. The van der Waals surface area contributed by atoms with E-state index in [4.69, 9.17) is 11.5 Å². The van der Waals surface area contributed by atoms with E-state index in [1.54, 1.807) is 12.1 Å². The van der Waals surface area contributed by atoms with Gasteiger partial charge in [-0.25, -0.2) is 4.79 Å². The molecule has 4 unspecified atom stereocenters. The topological polar surface area (TPSA) is 214 Å². The van der Waals surface area contributed by atoms with Crippen molar-refractivity contribution in [1.82, 2.24) is 16.0 Å². The van der Waals surface area contributed by atoms with Gasteiger partial charge in [0.1, 0.15) is 23.9 Å². The van der Waals surface area contributed by atoms with Crippen molar-refractivity contribution >= 4 is 41.4 Å². The third-order valence-corrected chi connectivity index (χ3v) is 5.98. The van der Waals surface area contributed by atoms with Gasteiger partial charge < -0.3 is 37.6 Å². The molecule has 0 aliphatic heterocycles. The summed E-state index contributed by atoms with van der Waals surface area (Å²) in [6.45, 7) is 3.67. The molecule has 0 heterocycles. The van der Waals surface area contributed by atoms with Crippen molar-refractivity contribution in [1.29, 1.82) is 0 Å². The Morgan fingerprint density at radius 3 is 1.97 bits per heavy atom. The van der Waals surface area contributed by atoms with Gasteiger partial charge in [-0.15, -0.1) is 0 Å². The summed E-state index contributed by atoms with van der Waals surface area (Å²) in [7, 11) is 0. The van der Waals surface area contributed by atoms with Crippen LogP contribution in [0.5, 0.6) is 5.75 Å². The van der Waals surface area contributed by atoms with Gasteiger partial charge in [0.15, 0.2) is 0 Å². The average molecular weight is 540 g/mol. The van der Waals surface area contributed by atoms with Crippen LogP contribution < -0.4 is 27.4 Å². The summed E-state index contributed by atoms with van der Waals surface area (Å²) in [6, 6.07) is 1.33. The zero-order valence-electron chi connectivity index (χ0n) is 21.2. The summed E-state index contributed by atoms with van der Waals surface area (Å²) in [6.07, 6.45) is 1.80. The van der Waals surface area contributed by atoms with E-state index in [-0.39, 0.29) is 30.9 Å². The first-order chi connectivity index (χ1) is 17.3. The molecule has 0 saturated carbocycles. The fourth-order valence-corrected chi connectivity index (χ4v) is 3.88. The Labute approximate surface area is 220 Å². The van der Waals surface area contributed by atoms with Gasteiger partial charge in [0.05, 0.1) is 12.5 Å². The number of thioether (sulfide) groups is 1. The minimum atomic E-state index is -1.25. The fraction of sp³-hybridized carbons (Fsp3) is 0.542. The maximum Gasteiger partial charge on any atom is 0.326 e. The van der Waals surface area contributed by atoms with Crippen molar-refractivity contribution in [2.45, 2.75) is 63.7 Å². The van der Waals surface area contributed by atoms with Gasteiger partial charge in [-0.3, -0.25) is 19.2 Å². The summed E-state index contributed by atoms with van der Waals surface area (Å²) in [5, 5.41) is 26.7. The van der Waals surface area contributed by atoms with E-state index >= 15 is 0 Å². The second kappa shape index (κ2) is 15.7. The van der Waals surface area contributed by atoms with Crippen LogP contribution >= 0.6 is 11.8 Å². The molecule has 206 valence electrons. The summed E-state index contributed by atoms with van der Waals surface area (Å²) in [5.41, 5.74) is 11.4. The van der Waals surface area contributed by atoms with Crippen molar-refractivity contribution in [3.63, 3.8) is 0 Å². The first-order valence-corrected chi connectivity index (χ1v) is 13.2. The van der Waals surface area contributed by atoms with E-state index in [1.807, 2.05) is 20.1 Å². The molecule has 9 N–H and O–H groups in total. The Bertz CT molecular complexity index is 942. The molecule has 0 aliphatic rings. The molecule has 37 heavy (non-hydrogen) atoms. The maximum absolute atomic E-state index is 13.2. The molecule has 0 aromatic heterocycles. The van der Waals surface area contributed by atoms with Crippen LogP contribution in [0.1, 0.15) is 38.7 Å². The monoisotopic (exact) mass is 539 g/mol. The van der Waals surface area contributed by atoms with E-state index in [0.29, 0.717) is 11.3 Å². The number of hydrogen-bond donors (Lipinski definition) is 7. The first kappa shape index (κ1) is 31.7. The Morgan fingerprint density at radius 1 is 0.919 bits per heavy atom. The molecule has 1 aromatic rings. The van der Waals surface area contributed by atoms with Gasteiger partial charge >= 0.3 is 5.97 Å². The number of carboxylic acid groups (broad SMARTS) is 1. The normalized spacial score (nSPS) is 14.2. The fourth-order valence-electron chi connectivity index (χ4n) is 3.41.